The van der Waals surface area contributed by atoms with E-state index >= 15 is 4.39 Å². The number of nitrogens with zero attached hydrogens (tertiary/aromatic N) is 6. The summed E-state index contributed by atoms with van der Waals surface area (Å²) in [7, 11) is 1.70. The molecule has 3 atom stereocenters. The van der Waals surface area contributed by atoms with E-state index in [1.807, 2.05) is 18.2 Å². The second kappa shape index (κ2) is 10.4. The standard InChI is InChI=1S/C31H31F2N7O/c1-41-23-9-13-38(17-23)22-4-5-27(25(33)15-22)40-30(20-2-3-21(16-34)24(32)14-20)37-29-28(7-11-36-31(29)40)39-12-8-19-6-10-35-26(19)18-39/h2-5,7,11,14-15,19,23,26,35H,6,8-10,12-13,17-18H2,1H3/t19?,23-,26?/m0/s1. The van der Waals surface area contributed by atoms with Gasteiger partial charge in [0.2, 0.25) is 0 Å². The average molecular weight is 556 g/mol. The number of benzene rings is 2. The molecule has 2 unspecified atom stereocenters. The normalized spacial score (nSPS) is 22.3. The third kappa shape index (κ3) is 4.49. The molecular formula is C31H31F2N7O. The topological polar surface area (TPSA) is 82.2 Å². The summed E-state index contributed by atoms with van der Waals surface area (Å²) in [5.74, 6) is -0.0323. The molecule has 3 fully saturated rings. The van der Waals surface area contributed by atoms with Crippen LogP contribution in [0.15, 0.2) is 48.7 Å². The highest BCUT2D eigenvalue weighted by Crippen LogP contribution is 2.37. The first kappa shape index (κ1) is 25.9. The van der Waals surface area contributed by atoms with E-state index in [1.165, 1.54) is 24.6 Å². The van der Waals surface area contributed by atoms with Gasteiger partial charge in [-0.1, -0.05) is 0 Å². The summed E-state index contributed by atoms with van der Waals surface area (Å²) < 4.78 is 38.0. The van der Waals surface area contributed by atoms with E-state index < -0.39 is 11.6 Å². The molecule has 8 nitrogen and oxygen atoms in total. The molecule has 2 aromatic carbocycles. The number of anilines is 2. The molecule has 1 N–H and O–H groups in total. The van der Waals surface area contributed by atoms with E-state index in [4.69, 9.17) is 9.72 Å². The predicted octanol–water partition coefficient (Wildman–Crippen LogP) is 4.65. The van der Waals surface area contributed by atoms with Crippen LogP contribution in [0.2, 0.25) is 0 Å². The van der Waals surface area contributed by atoms with Gasteiger partial charge < -0.3 is 19.9 Å². The fourth-order valence-electron chi connectivity index (χ4n) is 6.66. The van der Waals surface area contributed by atoms with Crippen LogP contribution in [0.3, 0.4) is 0 Å². The summed E-state index contributed by atoms with van der Waals surface area (Å²) in [6.07, 6.45) is 5.04. The van der Waals surface area contributed by atoms with E-state index in [-0.39, 0.29) is 17.4 Å². The highest BCUT2D eigenvalue weighted by atomic mass is 19.1. The molecule has 0 amide bonds. The molecule has 2 aromatic heterocycles. The minimum Gasteiger partial charge on any atom is -0.380 e. The number of nitrogens with one attached hydrogen (secondary N) is 1. The van der Waals surface area contributed by atoms with Crippen molar-refractivity contribution >= 4 is 22.5 Å². The zero-order chi connectivity index (χ0) is 28.1. The Balaban J connectivity index is 1.36. The van der Waals surface area contributed by atoms with Crippen LogP contribution in [0.4, 0.5) is 20.2 Å². The van der Waals surface area contributed by atoms with Gasteiger partial charge in [-0.2, -0.15) is 5.26 Å². The molecule has 210 valence electrons. The highest BCUT2D eigenvalue weighted by Gasteiger charge is 2.34. The lowest BCUT2D eigenvalue weighted by atomic mass is 9.92. The van der Waals surface area contributed by atoms with Gasteiger partial charge >= 0.3 is 0 Å². The number of hydrogen-bond acceptors (Lipinski definition) is 7. The summed E-state index contributed by atoms with van der Waals surface area (Å²) in [6, 6.07) is 13.8. The zero-order valence-electron chi connectivity index (χ0n) is 22.9. The van der Waals surface area contributed by atoms with Crippen LogP contribution in [0, 0.1) is 28.9 Å². The number of halogens is 2. The van der Waals surface area contributed by atoms with Gasteiger partial charge in [-0.05, 0) is 74.2 Å². The van der Waals surface area contributed by atoms with Crippen LogP contribution in [0.5, 0.6) is 0 Å². The molecule has 0 bridgehead atoms. The first-order chi connectivity index (χ1) is 20.0. The lowest BCUT2D eigenvalue weighted by Gasteiger charge is -2.36. The Morgan fingerprint density at radius 1 is 0.976 bits per heavy atom. The van der Waals surface area contributed by atoms with Crippen molar-refractivity contribution in [2.45, 2.75) is 31.4 Å². The number of fused-ring (bicyclic) bond motifs is 2. The second-order valence-electron chi connectivity index (χ2n) is 11.2. The first-order valence-electron chi connectivity index (χ1n) is 14.2. The number of piperidine rings is 1. The van der Waals surface area contributed by atoms with Crippen LogP contribution < -0.4 is 15.1 Å². The predicted molar refractivity (Wildman–Crippen MR) is 153 cm³/mol. The van der Waals surface area contributed by atoms with Crippen LogP contribution in [0.1, 0.15) is 24.8 Å². The van der Waals surface area contributed by atoms with Gasteiger partial charge in [-0.3, -0.25) is 4.57 Å². The maximum atomic E-state index is 16.0. The average Bonchev–Trinajstić information content (AvgIpc) is 3.75. The van der Waals surface area contributed by atoms with Crippen LogP contribution in [0.25, 0.3) is 28.2 Å². The molecule has 0 saturated carbocycles. The molecule has 0 spiro atoms. The van der Waals surface area contributed by atoms with Crippen molar-refractivity contribution in [3.63, 3.8) is 0 Å². The van der Waals surface area contributed by atoms with Gasteiger partial charge in [0.15, 0.2) is 5.65 Å². The molecule has 0 radical (unpaired) electrons. The molecule has 0 aliphatic carbocycles. The summed E-state index contributed by atoms with van der Waals surface area (Å²) >= 11 is 0. The van der Waals surface area contributed by atoms with Crippen molar-refractivity contribution in [1.82, 2.24) is 19.9 Å². The third-order valence-corrected chi connectivity index (χ3v) is 8.91. The number of imidazole rings is 1. The molecule has 3 aliphatic heterocycles. The Labute approximate surface area is 237 Å². The van der Waals surface area contributed by atoms with E-state index in [9.17, 15) is 9.65 Å². The van der Waals surface area contributed by atoms with E-state index in [0.29, 0.717) is 41.1 Å². The van der Waals surface area contributed by atoms with Gasteiger partial charge in [-0.25, -0.2) is 18.7 Å². The number of ether oxygens (including phenoxy) is 1. The Kier molecular flexibility index (Phi) is 6.56. The van der Waals surface area contributed by atoms with Gasteiger partial charge in [0.1, 0.15) is 29.0 Å². The van der Waals surface area contributed by atoms with Gasteiger partial charge in [0.25, 0.3) is 0 Å². The maximum Gasteiger partial charge on any atom is 0.167 e. The molecule has 7 rings (SSSR count). The van der Waals surface area contributed by atoms with Crippen molar-refractivity contribution in [2.24, 2.45) is 5.92 Å². The summed E-state index contributed by atoms with van der Waals surface area (Å²) in [5, 5.41) is 12.9. The minimum atomic E-state index is -0.649. The molecule has 4 aromatic rings. The molecular weight excluding hydrogens is 524 g/mol. The van der Waals surface area contributed by atoms with Crippen LogP contribution in [-0.2, 0) is 4.74 Å². The van der Waals surface area contributed by atoms with Crippen molar-refractivity contribution < 1.29 is 13.5 Å². The Morgan fingerprint density at radius 2 is 1.85 bits per heavy atom. The van der Waals surface area contributed by atoms with Crippen molar-refractivity contribution in [3.05, 3.63) is 65.9 Å². The van der Waals surface area contributed by atoms with E-state index in [0.717, 1.165) is 50.4 Å². The third-order valence-electron chi connectivity index (χ3n) is 8.91. The fourth-order valence-corrected chi connectivity index (χ4v) is 6.66. The molecule has 41 heavy (non-hydrogen) atoms. The number of nitriles is 1. The van der Waals surface area contributed by atoms with E-state index in [1.54, 1.807) is 30.0 Å². The van der Waals surface area contributed by atoms with Crippen molar-refractivity contribution in [1.29, 1.82) is 5.26 Å². The van der Waals surface area contributed by atoms with Crippen LogP contribution in [-0.4, -0.2) is 66.5 Å². The molecule has 5 heterocycles. The maximum absolute atomic E-state index is 16.0. The summed E-state index contributed by atoms with van der Waals surface area (Å²) in [5.41, 5.74) is 3.49. The van der Waals surface area contributed by atoms with E-state index in [2.05, 4.69) is 20.1 Å². The minimum absolute atomic E-state index is 0.0577. The highest BCUT2D eigenvalue weighted by molar-refractivity contribution is 5.91. The van der Waals surface area contributed by atoms with Crippen LogP contribution >= 0.6 is 0 Å². The SMILES string of the molecule is CO[C@H]1CCN(c2ccc(-n3c(-c4ccc(C#N)c(F)c4)nc4c(N5CCC6CCNC6C5)ccnc43)c(F)c2)C1. The lowest BCUT2D eigenvalue weighted by Crippen LogP contribution is -2.46. The summed E-state index contributed by atoms with van der Waals surface area (Å²) in [4.78, 5) is 14.1. The van der Waals surface area contributed by atoms with Gasteiger partial charge in [0.05, 0.1) is 23.0 Å². The monoisotopic (exact) mass is 555 g/mol. The first-order valence-corrected chi connectivity index (χ1v) is 14.2. The van der Waals surface area contributed by atoms with Gasteiger partial charge in [0, 0.05) is 56.8 Å². The zero-order valence-corrected chi connectivity index (χ0v) is 22.9. The number of methoxy groups -OCH3 is 1. The largest absolute Gasteiger partial charge is 0.380 e. The second-order valence-corrected chi connectivity index (χ2v) is 11.2. The van der Waals surface area contributed by atoms with Gasteiger partial charge in [-0.15, -0.1) is 0 Å². The van der Waals surface area contributed by atoms with Crippen molar-refractivity contribution in [3.8, 4) is 23.1 Å². The number of hydrogen-bond donors (Lipinski definition) is 1. The van der Waals surface area contributed by atoms with Crippen molar-refractivity contribution in [2.75, 3.05) is 49.6 Å². The Bertz CT molecular complexity index is 1660. The molecule has 3 saturated heterocycles. The smallest absolute Gasteiger partial charge is 0.167 e. The number of pyridine rings is 1. The Morgan fingerprint density at radius 3 is 2.63 bits per heavy atom. The number of rotatable bonds is 5. The molecule has 3 aliphatic rings. The molecule has 10 heteroatoms. The quantitative estimate of drug-likeness (QED) is 0.384. The lowest BCUT2D eigenvalue weighted by molar-refractivity contribution is 0.121. The Hall–Kier alpha value is -4.07. The summed E-state index contributed by atoms with van der Waals surface area (Å²) in [6.45, 7) is 4.29. The fraction of sp³-hybridized carbons (Fsp3) is 0.387. The number of aromatic nitrogens is 3.